The van der Waals surface area contributed by atoms with Crippen LogP contribution in [0.15, 0.2) is 10.9 Å². The highest BCUT2D eigenvalue weighted by molar-refractivity contribution is 5.33. The number of hydrogen-bond donors (Lipinski definition) is 2. The zero-order valence-corrected chi connectivity index (χ0v) is 11.0. The summed E-state index contributed by atoms with van der Waals surface area (Å²) in [5.41, 5.74) is -0.0836. The summed E-state index contributed by atoms with van der Waals surface area (Å²) in [5.74, 6) is 1.67. The summed E-state index contributed by atoms with van der Waals surface area (Å²) in [4.78, 5) is 18.6. The third-order valence-electron chi connectivity index (χ3n) is 2.64. The topological polar surface area (TPSA) is 57.8 Å². The van der Waals surface area contributed by atoms with Crippen molar-refractivity contribution in [2.75, 3.05) is 11.9 Å². The number of nitrogens with zero attached hydrogens (tertiary/aromatic N) is 1. The number of aromatic nitrogens is 2. The molecule has 0 radical (unpaired) electrons. The summed E-state index contributed by atoms with van der Waals surface area (Å²) in [6.07, 6.45) is 4.85. The lowest BCUT2D eigenvalue weighted by Crippen LogP contribution is -2.15. The van der Waals surface area contributed by atoms with Gasteiger partial charge in [-0.2, -0.15) is 0 Å². The Labute approximate surface area is 103 Å². The lowest BCUT2D eigenvalue weighted by molar-refractivity contribution is 0.683. The highest BCUT2D eigenvalue weighted by Gasteiger charge is 2.04. The molecule has 4 nitrogen and oxygen atoms in total. The van der Waals surface area contributed by atoms with Crippen LogP contribution in [0, 0.1) is 0 Å². The van der Waals surface area contributed by atoms with E-state index in [-0.39, 0.29) is 11.5 Å². The van der Waals surface area contributed by atoms with E-state index in [1.807, 2.05) is 13.8 Å². The fourth-order valence-electron chi connectivity index (χ4n) is 1.61. The first kappa shape index (κ1) is 13.7. The molecule has 0 saturated heterocycles. The number of rotatable bonds is 7. The summed E-state index contributed by atoms with van der Waals surface area (Å²) in [6.45, 7) is 7.11. The summed E-state index contributed by atoms with van der Waals surface area (Å²) in [6, 6.07) is 1.52. The fraction of sp³-hybridized carbons (Fsp3) is 0.692. The number of H-pyrrole nitrogens is 1. The van der Waals surface area contributed by atoms with E-state index in [0.717, 1.165) is 18.8 Å². The van der Waals surface area contributed by atoms with Gasteiger partial charge >= 0.3 is 0 Å². The average Bonchev–Trinajstić information content (AvgIpc) is 2.28. The van der Waals surface area contributed by atoms with Gasteiger partial charge in [0.1, 0.15) is 11.6 Å². The maximum atomic E-state index is 11.4. The van der Waals surface area contributed by atoms with Gasteiger partial charge in [0, 0.05) is 18.5 Å². The zero-order valence-electron chi connectivity index (χ0n) is 11.0. The molecule has 96 valence electrons. The fourth-order valence-corrected chi connectivity index (χ4v) is 1.61. The van der Waals surface area contributed by atoms with Crippen LogP contribution >= 0.6 is 0 Å². The predicted octanol–water partition coefficient (Wildman–Crippen LogP) is 2.89. The molecule has 17 heavy (non-hydrogen) atoms. The molecule has 0 saturated carbocycles. The van der Waals surface area contributed by atoms with Crippen molar-refractivity contribution in [3.8, 4) is 0 Å². The van der Waals surface area contributed by atoms with E-state index in [2.05, 4.69) is 22.2 Å². The first-order valence-corrected chi connectivity index (χ1v) is 6.48. The van der Waals surface area contributed by atoms with Crippen molar-refractivity contribution in [3.05, 3.63) is 22.2 Å². The smallest absolute Gasteiger partial charge is 0.252 e. The van der Waals surface area contributed by atoms with E-state index < -0.39 is 0 Å². The summed E-state index contributed by atoms with van der Waals surface area (Å²) < 4.78 is 0. The van der Waals surface area contributed by atoms with Gasteiger partial charge in [0.05, 0.1) is 0 Å². The van der Waals surface area contributed by atoms with Gasteiger partial charge in [-0.3, -0.25) is 4.79 Å². The molecule has 2 N–H and O–H groups in total. The van der Waals surface area contributed by atoms with E-state index >= 15 is 0 Å². The van der Waals surface area contributed by atoms with E-state index in [1.165, 1.54) is 25.3 Å². The lowest BCUT2D eigenvalue weighted by atomic mass is 10.2. The van der Waals surface area contributed by atoms with Crippen LogP contribution in [0.5, 0.6) is 0 Å². The van der Waals surface area contributed by atoms with Crippen LogP contribution in [0.1, 0.15) is 58.2 Å². The largest absolute Gasteiger partial charge is 0.370 e. The van der Waals surface area contributed by atoms with Crippen LogP contribution in [-0.4, -0.2) is 16.5 Å². The third kappa shape index (κ3) is 5.02. The Morgan fingerprint density at radius 3 is 2.76 bits per heavy atom. The first-order valence-electron chi connectivity index (χ1n) is 6.48. The Kier molecular flexibility index (Phi) is 5.73. The minimum absolute atomic E-state index is 0.0836. The van der Waals surface area contributed by atoms with Crippen LogP contribution in [0.2, 0.25) is 0 Å². The number of hydrogen-bond acceptors (Lipinski definition) is 3. The molecule has 1 aromatic rings. The summed E-state index contributed by atoms with van der Waals surface area (Å²) in [7, 11) is 0. The van der Waals surface area contributed by atoms with Gasteiger partial charge in [-0.25, -0.2) is 4.98 Å². The van der Waals surface area contributed by atoms with E-state index in [1.54, 1.807) is 0 Å². The molecule has 0 amide bonds. The first-order chi connectivity index (χ1) is 8.13. The van der Waals surface area contributed by atoms with Crippen molar-refractivity contribution in [2.45, 2.75) is 52.4 Å². The van der Waals surface area contributed by atoms with Crippen molar-refractivity contribution in [1.29, 1.82) is 0 Å². The van der Waals surface area contributed by atoms with Gasteiger partial charge in [0.2, 0.25) is 0 Å². The van der Waals surface area contributed by atoms with Crippen molar-refractivity contribution < 1.29 is 0 Å². The van der Waals surface area contributed by atoms with Gasteiger partial charge in [0.25, 0.3) is 5.56 Å². The summed E-state index contributed by atoms with van der Waals surface area (Å²) in [5, 5.41) is 3.21. The molecule has 0 atom stereocenters. The van der Waals surface area contributed by atoms with Gasteiger partial charge in [-0.15, -0.1) is 0 Å². The molecule has 1 rings (SSSR count). The molecule has 4 heteroatoms. The Hall–Kier alpha value is -1.32. The van der Waals surface area contributed by atoms with Crippen molar-refractivity contribution in [1.82, 2.24) is 9.97 Å². The Morgan fingerprint density at radius 2 is 2.12 bits per heavy atom. The highest BCUT2D eigenvalue weighted by Crippen LogP contribution is 2.09. The second kappa shape index (κ2) is 7.09. The molecule has 0 aliphatic heterocycles. The molecular weight excluding hydrogens is 214 g/mol. The van der Waals surface area contributed by atoms with Crippen LogP contribution in [0.25, 0.3) is 0 Å². The maximum Gasteiger partial charge on any atom is 0.252 e. The third-order valence-corrected chi connectivity index (χ3v) is 2.64. The molecule has 0 aromatic carbocycles. The van der Waals surface area contributed by atoms with Gasteiger partial charge < -0.3 is 10.3 Å². The molecule has 0 aliphatic rings. The van der Waals surface area contributed by atoms with E-state index in [0.29, 0.717) is 5.82 Å². The quantitative estimate of drug-likeness (QED) is 0.717. The molecule has 1 aromatic heterocycles. The second-order valence-electron chi connectivity index (χ2n) is 4.66. The van der Waals surface area contributed by atoms with E-state index in [9.17, 15) is 4.79 Å². The molecule has 0 unspecified atom stereocenters. The van der Waals surface area contributed by atoms with Gasteiger partial charge in [-0.05, 0) is 6.42 Å². The average molecular weight is 237 g/mol. The molecule has 0 aliphatic carbocycles. The molecule has 0 spiro atoms. The normalized spacial score (nSPS) is 10.8. The molecule has 0 fully saturated rings. The highest BCUT2D eigenvalue weighted by atomic mass is 16.1. The SMILES string of the molecule is CCCCCCNc1cc(=O)[nH]c(C(C)C)n1. The van der Waals surface area contributed by atoms with Crippen LogP contribution in [0.3, 0.4) is 0 Å². The standard InChI is InChI=1S/C13H23N3O/c1-4-5-6-7-8-14-11-9-12(17)16-13(15-11)10(2)3/h9-10H,4-8H2,1-3H3,(H2,14,15,16,17). The van der Waals surface area contributed by atoms with E-state index in [4.69, 9.17) is 0 Å². The predicted molar refractivity (Wildman–Crippen MR) is 71.6 cm³/mol. The van der Waals surface area contributed by atoms with Crippen LogP contribution < -0.4 is 10.9 Å². The molecular formula is C13H23N3O. The van der Waals surface area contributed by atoms with Crippen molar-refractivity contribution in [2.24, 2.45) is 0 Å². The van der Waals surface area contributed by atoms with Crippen LogP contribution in [0.4, 0.5) is 5.82 Å². The van der Waals surface area contributed by atoms with Crippen LogP contribution in [-0.2, 0) is 0 Å². The van der Waals surface area contributed by atoms with Gasteiger partial charge in [0.15, 0.2) is 0 Å². The van der Waals surface area contributed by atoms with Crippen molar-refractivity contribution in [3.63, 3.8) is 0 Å². The second-order valence-corrected chi connectivity index (χ2v) is 4.66. The number of nitrogens with one attached hydrogen (secondary N) is 2. The Balaban J connectivity index is 2.50. The number of aromatic amines is 1. The monoisotopic (exact) mass is 237 g/mol. The van der Waals surface area contributed by atoms with Gasteiger partial charge in [-0.1, -0.05) is 40.0 Å². The molecule has 1 heterocycles. The minimum Gasteiger partial charge on any atom is -0.370 e. The summed E-state index contributed by atoms with van der Waals surface area (Å²) >= 11 is 0. The molecule has 0 bridgehead atoms. The Morgan fingerprint density at radius 1 is 1.35 bits per heavy atom. The minimum atomic E-state index is -0.0836. The number of unbranched alkanes of at least 4 members (excludes halogenated alkanes) is 3. The number of anilines is 1. The van der Waals surface area contributed by atoms with Crippen molar-refractivity contribution >= 4 is 5.82 Å². The lowest BCUT2D eigenvalue weighted by Gasteiger charge is -2.08. The maximum absolute atomic E-state index is 11.4. The Bertz CT molecular complexity index is 384. The zero-order chi connectivity index (χ0) is 12.7.